The third-order valence-electron chi connectivity index (χ3n) is 4.21. The summed E-state index contributed by atoms with van der Waals surface area (Å²) in [4.78, 5) is 16.6. The molecule has 5 nitrogen and oxygen atoms in total. The summed E-state index contributed by atoms with van der Waals surface area (Å²) in [5.74, 6) is 0.790. The van der Waals surface area contributed by atoms with Crippen molar-refractivity contribution in [1.82, 2.24) is 4.90 Å². The Morgan fingerprint density at radius 1 is 1.04 bits per heavy atom. The van der Waals surface area contributed by atoms with Gasteiger partial charge in [0.1, 0.15) is 11.5 Å². The number of phenols is 1. The molecule has 1 N–H and O–H groups in total. The number of rotatable bonds is 4. The van der Waals surface area contributed by atoms with Crippen LogP contribution in [0, 0.1) is 0 Å². The first-order chi connectivity index (χ1) is 11.7. The van der Waals surface area contributed by atoms with Crippen molar-refractivity contribution in [3.63, 3.8) is 0 Å². The Kier molecular flexibility index (Phi) is 4.89. The van der Waals surface area contributed by atoms with Gasteiger partial charge >= 0.3 is 0 Å². The maximum absolute atomic E-state index is 12.6. The molecule has 0 spiro atoms. The van der Waals surface area contributed by atoms with Crippen LogP contribution in [-0.2, 0) is 0 Å². The van der Waals surface area contributed by atoms with Crippen LogP contribution in [0.1, 0.15) is 17.3 Å². The molecule has 5 heteroatoms. The number of hydrogen-bond acceptors (Lipinski definition) is 4. The minimum Gasteiger partial charge on any atom is -0.507 e. The molecule has 1 fully saturated rings. The number of para-hydroxylation sites is 3. The van der Waals surface area contributed by atoms with Gasteiger partial charge in [0.05, 0.1) is 17.9 Å². The molecule has 0 bridgehead atoms. The highest BCUT2D eigenvalue weighted by atomic mass is 16.5. The molecule has 126 valence electrons. The number of amides is 1. The Labute approximate surface area is 142 Å². The first-order valence-electron chi connectivity index (χ1n) is 8.24. The number of phenolic OH excluding ortho intramolecular Hbond substituents is 1. The van der Waals surface area contributed by atoms with E-state index in [1.165, 1.54) is 0 Å². The highest BCUT2D eigenvalue weighted by Gasteiger charge is 2.24. The second-order valence-corrected chi connectivity index (χ2v) is 5.70. The number of ether oxygens (including phenoxy) is 1. The van der Waals surface area contributed by atoms with Crippen LogP contribution in [0.2, 0.25) is 0 Å². The first kappa shape index (κ1) is 16.2. The molecular formula is C19H22N2O3. The van der Waals surface area contributed by atoms with Crippen molar-refractivity contribution in [2.75, 3.05) is 37.7 Å². The molecule has 0 atom stereocenters. The van der Waals surface area contributed by atoms with Gasteiger partial charge < -0.3 is 19.6 Å². The zero-order valence-electron chi connectivity index (χ0n) is 13.8. The fourth-order valence-corrected chi connectivity index (χ4v) is 2.97. The van der Waals surface area contributed by atoms with E-state index in [0.717, 1.165) is 24.5 Å². The second kappa shape index (κ2) is 7.25. The van der Waals surface area contributed by atoms with Gasteiger partial charge in [-0.15, -0.1) is 0 Å². The van der Waals surface area contributed by atoms with Gasteiger partial charge in [-0.3, -0.25) is 4.79 Å². The molecule has 0 aliphatic carbocycles. The summed E-state index contributed by atoms with van der Waals surface area (Å²) in [7, 11) is 0. The van der Waals surface area contributed by atoms with E-state index in [0.29, 0.717) is 25.3 Å². The van der Waals surface area contributed by atoms with E-state index in [-0.39, 0.29) is 11.7 Å². The first-order valence-corrected chi connectivity index (χ1v) is 8.24. The maximum Gasteiger partial charge on any atom is 0.257 e. The van der Waals surface area contributed by atoms with E-state index < -0.39 is 0 Å². The molecule has 2 aromatic carbocycles. The molecule has 24 heavy (non-hydrogen) atoms. The highest BCUT2D eigenvalue weighted by molar-refractivity contribution is 5.97. The molecule has 1 heterocycles. The Morgan fingerprint density at radius 2 is 1.71 bits per heavy atom. The molecule has 0 unspecified atom stereocenters. The average molecular weight is 326 g/mol. The number of carbonyl (C=O) groups excluding carboxylic acids is 1. The number of benzene rings is 2. The fourth-order valence-electron chi connectivity index (χ4n) is 2.97. The van der Waals surface area contributed by atoms with Crippen LogP contribution in [0.25, 0.3) is 0 Å². The summed E-state index contributed by atoms with van der Waals surface area (Å²) < 4.78 is 5.69. The Hall–Kier alpha value is -2.69. The van der Waals surface area contributed by atoms with Gasteiger partial charge in [0.25, 0.3) is 5.91 Å². The van der Waals surface area contributed by atoms with Crippen LogP contribution in [0.4, 0.5) is 5.69 Å². The van der Waals surface area contributed by atoms with Gasteiger partial charge in [0.15, 0.2) is 0 Å². The summed E-state index contributed by atoms with van der Waals surface area (Å²) in [5, 5.41) is 9.86. The Morgan fingerprint density at radius 3 is 2.42 bits per heavy atom. The minimum atomic E-state index is -0.120. The lowest BCUT2D eigenvalue weighted by molar-refractivity contribution is 0.0743. The SMILES string of the molecule is CCOc1ccccc1N1CCN(C(=O)c2ccccc2O)CC1. The van der Waals surface area contributed by atoms with E-state index in [1.54, 1.807) is 29.2 Å². The molecule has 2 aromatic rings. The summed E-state index contributed by atoms with van der Waals surface area (Å²) >= 11 is 0. The van der Waals surface area contributed by atoms with Gasteiger partial charge in [0, 0.05) is 26.2 Å². The van der Waals surface area contributed by atoms with Crippen LogP contribution in [0.15, 0.2) is 48.5 Å². The lowest BCUT2D eigenvalue weighted by Gasteiger charge is -2.36. The monoisotopic (exact) mass is 326 g/mol. The number of piperazine rings is 1. The van der Waals surface area contributed by atoms with Crippen molar-refractivity contribution < 1.29 is 14.6 Å². The normalized spacial score (nSPS) is 14.5. The van der Waals surface area contributed by atoms with Crippen LogP contribution in [-0.4, -0.2) is 48.7 Å². The van der Waals surface area contributed by atoms with Crippen LogP contribution in [0.3, 0.4) is 0 Å². The standard InChI is InChI=1S/C19H22N2O3/c1-2-24-18-10-6-4-8-16(18)20-11-13-21(14-12-20)19(23)15-7-3-5-9-17(15)22/h3-10,22H,2,11-14H2,1H3. The summed E-state index contributed by atoms with van der Waals surface area (Å²) in [6, 6.07) is 14.7. The van der Waals surface area contributed by atoms with Crippen molar-refractivity contribution in [3.05, 3.63) is 54.1 Å². The number of anilines is 1. The zero-order valence-corrected chi connectivity index (χ0v) is 13.8. The van der Waals surface area contributed by atoms with Crippen molar-refractivity contribution in [2.24, 2.45) is 0 Å². The topological polar surface area (TPSA) is 53.0 Å². The third kappa shape index (κ3) is 3.30. The minimum absolute atomic E-state index is 0.0339. The summed E-state index contributed by atoms with van der Waals surface area (Å²) in [5.41, 5.74) is 1.43. The van der Waals surface area contributed by atoms with Crippen molar-refractivity contribution in [2.45, 2.75) is 6.92 Å². The van der Waals surface area contributed by atoms with E-state index in [2.05, 4.69) is 4.90 Å². The van der Waals surface area contributed by atoms with E-state index in [4.69, 9.17) is 4.74 Å². The van der Waals surface area contributed by atoms with Gasteiger partial charge in [-0.05, 0) is 31.2 Å². The van der Waals surface area contributed by atoms with Crippen molar-refractivity contribution in [3.8, 4) is 11.5 Å². The highest BCUT2D eigenvalue weighted by Crippen LogP contribution is 2.29. The summed E-state index contributed by atoms with van der Waals surface area (Å²) in [6.45, 7) is 5.32. The Bertz CT molecular complexity index is 709. The van der Waals surface area contributed by atoms with Crippen molar-refractivity contribution in [1.29, 1.82) is 0 Å². The predicted octanol–water partition coefficient (Wildman–Crippen LogP) is 2.75. The predicted molar refractivity (Wildman–Crippen MR) is 93.8 cm³/mol. The molecular weight excluding hydrogens is 304 g/mol. The molecule has 1 saturated heterocycles. The number of aromatic hydroxyl groups is 1. The lowest BCUT2D eigenvalue weighted by atomic mass is 10.1. The largest absolute Gasteiger partial charge is 0.507 e. The molecule has 0 aromatic heterocycles. The molecule has 1 aliphatic heterocycles. The zero-order chi connectivity index (χ0) is 16.9. The van der Waals surface area contributed by atoms with Crippen LogP contribution >= 0.6 is 0 Å². The summed E-state index contributed by atoms with van der Waals surface area (Å²) in [6.07, 6.45) is 0. The quantitative estimate of drug-likeness (QED) is 0.939. The van der Waals surface area contributed by atoms with E-state index >= 15 is 0 Å². The fraction of sp³-hybridized carbons (Fsp3) is 0.316. The van der Waals surface area contributed by atoms with Crippen molar-refractivity contribution >= 4 is 11.6 Å². The molecule has 1 aliphatic rings. The molecule has 0 radical (unpaired) electrons. The number of hydrogen-bond donors (Lipinski definition) is 1. The molecule has 3 rings (SSSR count). The average Bonchev–Trinajstić information content (AvgIpc) is 2.63. The van der Waals surface area contributed by atoms with E-state index in [1.807, 2.05) is 31.2 Å². The number of carbonyl (C=O) groups is 1. The van der Waals surface area contributed by atoms with Crippen LogP contribution < -0.4 is 9.64 Å². The molecule has 1 amide bonds. The smallest absolute Gasteiger partial charge is 0.257 e. The van der Waals surface area contributed by atoms with Gasteiger partial charge in [-0.2, -0.15) is 0 Å². The molecule has 0 saturated carbocycles. The van der Waals surface area contributed by atoms with Gasteiger partial charge in [0.2, 0.25) is 0 Å². The maximum atomic E-state index is 12.6. The van der Waals surface area contributed by atoms with Gasteiger partial charge in [-0.1, -0.05) is 24.3 Å². The van der Waals surface area contributed by atoms with Gasteiger partial charge in [-0.25, -0.2) is 0 Å². The van der Waals surface area contributed by atoms with Crippen LogP contribution in [0.5, 0.6) is 11.5 Å². The lowest BCUT2D eigenvalue weighted by Crippen LogP contribution is -2.48. The second-order valence-electron chi connectivity index (χ2n) is 5.70. The van der Waals surface area contributed by atoms with E-state index in [9.17, 15) is 9.90 Å². The number of nitrogens with zero attached hydrogens (tertiary/aromatic N) is 2. The third-order valence-corrected chi connectivity index (χ3v) is 4.21. The Balaban J connectivity index is 1.68.